The third-order valence-electron chi connectivity index (χ3n) is 3.43. The van der Waals surface area contributed by atoms with Gasteiger partial charge in [-0.2, -0.15) is 0 Å². The van der Waals surface area contributed by atoms with E-state index in [2.05, 4.69) is 15.2 Å². The van der Waals surface area contributed by atoms with Crippen LogP contribution in [0, 0.1) is 0 Å². The van der Waals surface area contributed by atoms with Gasteiger partial charge in [-0.15, -0.1) is 0 Å². The highest BCUT2D eigenvalue weighted by Gasteiger charge is 2.35. The summed E-state index contributed by atoms with van der Waals surface area (Å²) in [4.78, 5) is 18.1. The van der Waals surface area contributed by atoms with Gasteiger partial charge in [0.2, 0.25) is 0 Å². The minimum atomic E-state index is -0.101. The molecule has 0 aliphatic carbocycles. The summed E-state index contributed by atoms with van der Waals surface area (Å²) in [5, 5.41) is 2.80. The summed E-state index contributed by atoms with van der Waals surface area (Å²) in [5.74, 6) is -0.101. The number of rotatable bonds is 1. The molecule has 3 aliphatic rings. The summed E-state index contributed by atoms with van der Waals surface area (Å²) in [6.07, 6.45) is 2.24. The largest absolute Gasteiger partial charge is 0.379 e. The number of nitrogens with zero attached hydrogens (tertiary/aromatic N) is 3. The lowest BCUT2D eigenvalue weighted by Crippen LogP contribution is -2.53. The molecule has 0 aromatic heterocycles. The van der Waals surface area contributed by atoms with Crippen LogP contribution in [0.4, 0.5) is 0 Å². The standard InChI is InChI=1S/C11H15ClN4O2/c12-16-7-14-9-8(1-2-13-10(9)17)11(16)15-3-5-18-6-4-15/h7,11H,1-6H2,(H,13,17). The van der Waals surface area contributed by atoms with Gasteiger partial charge in [-0.1, -0.05) is 0 Å². The molecule has 0 aromatic carbocycles. The second-order valence-electron chi connectivity index (χ2n) is 4.49. The Morgan fingerprint density at radius 3 is 3.00 bits per heavy atom. The van der Waals surface area contributed by atoms with E-state index in [1.165, 1.54) is 6.34 Å². The third kappa shape index (κ3) is 2.00. The molecular formula is C11H15ClN4O2. The van der Waals surface area contributed by atoms with E-state index in [0.29, 0.717) is 25.5 Å². The van der Waals surface area contributed by atoms with Crippen LogP contribution in [-0.4, -0.2) is 60.6 Å². The molecule has 0 spiro atoms. The normalized spacial score (nSPS) is 29.3. The number of aliphatic imine (C=N–C) groups is 1. The smallest absolute Gasteiger partial charge is 0.270 e. The van der Waals surface area contributed by atoms with Gasteiger partial charge in [-0.05, 0) is 6.42 Å². The van der Waals surface area contributed by atoms with Gasteiger partial charge in [-0.3, -0.25) is 14.1 Å². The molecular weight excluding hydrogens is 256 g/mol. The van der Waals surface area contributed by atoms with Gasteiger partial charge >= 0.3 is 0 Å². The zero-order valence-electron chi connectivity index (χ0n) is 9.93. The maximum atomic E-state index is 11.8. The topological polar surface area (TPSA) is 57.2 Å². The van der Waals surface area contributed by atoms with Crippen LogP contribution in [-0.2, 0) is 9.53 Å². The van der Waals surface area contributed by atoms with Crippen LogP contribution < -0.4 is 5.32 Å². The van der Waals surface area contributed by atoms with Crippen molar-refractivity contribution in [2.24, 2.45) is 4.99 Å². The summed E-state index contributed by atoms with van der Waals surface area (Å²) < 4.78 is 6.91. The summed E-state index contributed by atoms with van der Waals surface area (Å²) in [6, 6.07) is 0. The molecule has 0 bridgehead atoms. The molecule has 1 unspecified atom stereocenters. The highest BCUT2D eigenvalue weighted by molar-refractivity contribution is 6.19. The Morgan fingerprint density at radius 2 is 2.22 bits per heavy atom. The van der Waals surface area contributed by atoms with Gasteiger partial charge in [0.05, 0.1) is 13.2 Å². The molecule has 0 radical (unpaired) electrons. The first-order valence-corrected chi connectivity index (χ1v) is 6.42. The van der Waals surface area contributed by atoms with Crippen molar-refractivity contribution in [1.29, 1.82) is 0 Å². The van der Waals surface area contributed by atoms with Crippen molar-refractivity contribution >= 4 is 24.0 Å². The van der Waals surface area contributed by atoms with Crippen LogP contribution in [0.3, 0.4) is 0 Å². The number of hydrogen-bond acceptors (Lipinski definition) is 5. The van der Waals surface area contributed by atoms with Crippen LogP contribution in [0.15, 0.2) is 16.3 Å². The van der Waals surface area contributed by atoms with Crippen molar-refractivity contribution in [2.75, 3.05) is 32.8 Å². The molecule has 0 aromatic rings. The maximum absolute atomic E-state index is 11.8. The van der Waals surface area contributed by atoms with Crippen molar-refractivity contribution in [1.82, 2.24) is 14.6 Å². The first-order chi connectivity index (χ1) is 8.77. The van der Waals surface area contributed by atoms with Crippen molar-refractivity contribution < 1.29 is 9.53 Å². The number of morpholine rings is 1. The first-order valence-electron chi connectivity index (χ1n) is 6.09. The average Bonchev–Trinajstić information content (AvgIpc) is 2.40. The zero-order valence-corrected chi connectivity index (χ0v) is 10.7. The second-order valence-corrected chi connectivity index (χ2v) is 4.88. The van der Waals surface area contributed by atoms with Gasteiger partial charge in [0.25, 0.3) is 5.91 Å². The molecule has 18 heavy (non-hydrogen) atoms. The Bertz CT molecular complexity index is 417. The number of carbonyl (C=O) groups excluding carboxylic acids is 1. The number of carbonyl (C=O) groups is 1. The Balaban J connectivity index is 1.91. The Labute approximate surface area is 110 Å². The van der Waals surface area contributed by atoms with Gasteiger partial charge in [0.15, 0.2) is 0 Å². The van der Waals surface area contributed by atoms with E-state index < -0.39 is 0 Å². The molecule has 1 N–H and O–H groups in total. The molecule has 1 fully saturated rings. The molecule has 1 saturated heterocycles. The van der Waals surface area contributed by atoms with Crippen molar-refractivity contribution in [3.8, 4) is 0 Å². The first kappa shape index (κ1) is 12.0. The van der Waals surface area contributed by atoms with Gasteiger partial charge in [0.1, 0.15) is 18.2 Å². The van der Waals surface area contributed by atoms with Crippen LogP contribution in [0.5, 0.6) is 0 Å². The van der Waals surface area contributed by atoms with Gasteiger partial charge < -0.3 is 10.1 Å². The Hall–Kier alpha value is -1.11. The third-order valence-corrected chi connectivity index (χ3v) is 3.71. The summed E-state index contributed by atoms with van der Waals surface area (Å²) >= 11 is 6.22. The van der Waals surface area contributed by atoms with Crippen LogP contribution in [0.1, 0.15) is 6.42 Å². The predicted octanol–water partition coefficient (Wildman–Crippen LogP) is -0.0836. The Kier molecular flexibility index (Phi) is 3.23. The number of ether oxygens (including phenoxy) is 1. The van der Waals surface area contributed by atoms with E-state index >= 15 is 0 Å². The molecule has 1 atom stereocenters. The lowest BCUT2D eigenvalue weighted by atomic mass is 10.0. The molecule has 6 nitrogen and oxygen atoms in total. The SMILES string of the molecule is O=C1NCCC2=C1N=CN(Cl)C2N1CCOCC1. The van der Waals surface area contributed by atoms with E-state index in [9.17, 15) is 4.79 Å². The summed E-state index contributed by atoms with van der Waals surface area (Å²) in [7, 11) is 0. The van der Waals surface area contributed by atoms with Crippen molar-refractivity contribution in [2.45, 2.75) is 12.6 Å². The number of nitrogens with one attached hydrogen (secondary N) is 1. The van der Waals surface area contributed by atoms with E-state index in [0.717, 1.165) is 25.1 Å². The predicted molar refractivity (Wildman–Crippen MR) is 67.0 cm³/mol. The highest BCUT2D eigenvalue weighted by Crippen LogP contribution is 2.29. The maximum Gasteiger partial charge on any atom is 0.270 e. The van der Waals surface area contributed by atoms with E-state index in [4.69, 9.17) is 16.5 Å². The quantitative estimate of drug-likeness (QED) is 0.677. The van der Waals surface area contributed by atoms with Crippen molar-refractivity contribution in [3.63, 3.8) is 0 Å². The van der Waals surface area contributed by atoms with Crippen LogP contribution >= 0.6 is 11.8 Å². The number of amides is 1. The van der Waals surface area contributed by atoms with Gasteiger partial charge in [-0.25, -0.2) is 4.99 Å². The average molecular weight is 271 g/mol. The van der Waals surface area contributed by atoms with E-state index in [1.54, 1.807) is 4.42 Å². The zero-order chi connectivity index (χ0) is 12.5. The van der Waals surface area contributed by atoms with Crippen LogP contribution in [0.2, 0.25) is 0 Å². The van der Waals surface area contributed by atoms with Crippen molar-refractivity contribution in [3.05, 3.63) is 11.3 Å². The monoisotopic (exact) mass is 270 g/mol. The number of hydrogen-bond donors (Lipinski definition) is 1. The summed E-state index contributed by atoms with van der Waals surface area (Å²) in [6.45, 7) is 3.69. The molecule has 0 saturated carbocycles. The second kappa shape index (κ2) is 4.87. The fourth-order valence-corrected chi connectivity index (χ4v) is 2.86. The molecule has 3 aliphatic heterocycles. The summed E-state index contributed by atoms with van der Waals surface area (Å²) in [5.41, 5.74) is 1.53. The molecule has 1 amide bonds. The molecule has 3 rings (SSSR count). The highest BCUT2D eigenvalue weighted by atomic mass is 35.5. The molecule has 7 heteroatoms. The van der Waals surface area contributed by atoms with E-state index in [-0.39, 0.29) is 12.1 Å². The lowest BCUT2D eigenvalue weighted by molar-refractivity contribution is -0.118. The minimum Gasteiger partial charge on any atom is -0.379 e. The molecule has 98 valence electrons. The lowest BCUT2D eigenvalue weighted by Gasteiger charge is -2.41. The van der Waals surface area contributed by atoms with E-state index in [1.807, 2.05) is 0 Å². The van der Waals surface area contributed by atoms with Gasteiger partial charge in [0, 0.05) is 37.0 Å². The minimum absolute atomic E-state index is 0.0749. The Morgan fingerprint density at radius 1 is 1.44 bits per heavy atom. The van der Waals surface area contributed by atoms with Crippen LogP contribution in [0.25, 0.3) is 0 Å². The fourth-order valence-electron chi connectivity index (χ4n) is 2.57. The number of halogens is 1. The molecule has 3 heterocycles. The fraction of sp³-hybridized carbons (Fsp3) is 0.636.